The summed E-state index contributed by atoms with van der Waals surface area (Å²) >= 11 is 0. The summed E-state index contributed by atoms with van der Waals surface area (Å²) in [7, 11) is 1.43. The van der Waals surface area contributed by atoms with E-state index in [1.165, 1.54) is 18.2 Å². The zero-order valence-electron chi connectivity index (χ0n) is 19.5. The fourth-order valence-corrected chi connectivity index (χ4v) is 2.14. The molecule has 1 atom stereocenters. The average Bonchev–Trinajstić information content (AvgIpc) is 2.75. The summed E-state index contributed by atoms with van der Waals surface area (Å²) in [4.78, 5) is 11.7. The number of carbonyl (C=O) groups excluding carboxylic acids is 1. The second kappa shape index (κ2) is 25.4. The minimum absolute atomic E-state index is 0. The molecule has 1 aromatic rings. The van der Waals surface area contributed by atoms with Gasteiger partial charge in [-0.3, -0.25) is 0 Å². The molecule has 0 aliphatic carbocycles. The van der Waals surface area contributed by atoms with Crippen molar-refractivity contribution < 1.29 is 20.8 Å². The normalized spacial score (nSPS) is 10.0. The molecule has 0 aromatic heterocycles. The molecule has 0 spiro atoms. The van der Waals surface area contributed by atoms with E-state index in [0.29, 0.717) is 6.54 Å². The number of ether oxygens (including phenoxy) is 2. The van der Waals surface area contributed by atoms with Gasteiger partial charge in [0, 0.05) is 21.5 Å². The second-order valence-electron chi connectivity index (χ2n) is 5.64. The Morgan fingerprint density at radius 2 is 1.71 bits per heavy atom. The highest BCUT2D eigenvalue weighted by Gasteiger charge is 2.15. The van der Waals surface area contributed by atoms with Gasteiger partial charge in [-0.25, -0.2) is 4.79 Å². The van der Waals surface area contributed by atoms with Crippen molar-refractivity contribution in [1.29, 1.82) is 0 Å². The molecule has 0 saturated heterocycles. The minimum atomic E-state index is -0.290. The molecule has 1 rings (SSSR count). The topological polar surface area (TPSA) is 67.8 Å². The van der Waals surface area contributed by atoms with E-state index in [4.69, 9.17) is 9.84 Å². The summed E-state index contributed by atoms with van der Waals surface area (Å²) in [5.41, 5.74) is 2.52. The number of methoxy groups -OCH3 is 1. The first-order chi connectivity index (χ1) is 13.6. The van der Waals surface area contributed by atoms with Crippen molar-refractivity contribution in [3.63, 3.8) is 0 Å². The van der Waals surface area contributed by atoms with Gasteiger partial charge in [0.15, 0.2) is 0 Å². The van der Waals surface area contributed by atoms with E-state index in [-0.39, 0.29) is 20.4 Å². The number of carbonyl (C=O) groups is 1. The SMILES string of the molecule is CC.CC.CCCC[C@@H](Cc1ccccc1C)OC(=O)NCCC.COCO.[HH]. The Kier molecular flexibility index (Phi) is 28.2. The molecule has 1 aromatic carbocycles. The van der Waals surface area contributed by atoms with E-state index in [1.54, 1.807) is 0 Å². The van der Waals surface area contributed by atoms with E-state index in [1.807, 2.05) is 46.8 Å². The molecule has 0 aliphatic heterocycles. The highest BCUT2D eigenvalue weighted by molar-refractivity contribution is 5.67. The van der Waals surface area contributed by atoms with Gasteiger partial charge in [-0.1, -0.05) is 78.6 Å². The van der Waals surface area contributed by atoms with Gasteiger partial charge in [0.05, 0.1) is 0 Å². The highest BCUT2D eigenvalue weighted by Crippen LogP contribution is 2.15. The fourth-order valence-electron chi connectivity index (χ4n) is 2.14. The molecule has 0 heterocycles. The van der Waals surface area contributed by atoms with Crippen LogP contribution in [0.25, 0.3) is 0 Å². The van der Waals surface area contributed by atoms with Crippen LogP contribution in [-0.2, 0) is 15.9 Å². The van der Waals surface area contributed by atoms with Gasteiger partial charge in [-0.05, 0) is 30.9 Å². The van der Waals surface area contributed by atoms with Crippen LogP contribution in [0, 0.1) is 6.92 Å². The van der Waals surface area contributed by atoms with E-state index >= 15 is 0 Å². The first-order valence-electron chi connectivity index (χ1n) is 10.7. The standard InChI is InChI=1S/C17H27NO2.C2H6O2.2C2H6.H2/c1-4-6-11-16(20-17(19)18-12-5-2)13-15-10-8-7-9-14(15)3;1-4-2-3;2*1-2;/h7-10,16H,4-6,11-13H2,1-3H3,(H,18,19);3H,2H2,1H3;2*1-2H3;1H/t16-;;;;/m0..../s1. The molecule has 0 aliphatic rings. The number of aryl methyl sites for hydroxylation is 1. The van der Waals surface area contributed by atoms with Crippen LogP contribution in [0.2, 0.25) is 0 Å². The largest absolute Gasteiger partial charge is 0.446 e. The molecular formula is C23H47NO4. The van der Waals surface area contributed by atoms with Crippen molar-refractivity contribution in [2.75, 3.05) is 20.4 Å². The lowest BCUT2D eigenvalue weighted by Crippen LogP contribution is -2.30. The van der Waals surface area contributed by atoms with Crippen LogP contribution in [0.3, 0.4) is 0 Å². The van der Waals surface area contributed by atoms with Gasteiger partial charge < -0.3 is 19.9 Å². The van der Waals surface area contributed by atoms with Crippen LogP contribution < -0.4 is 5.32 Å². The first-order valence-corrected chi connectivity index (χ1v) is 10.7. The molecule has 0 bridgehead atoms. The van der Waals surface area contributed by atoms with Crippen LogP contribution >= 0.6 is 0 Å². The monoisotopic (exact) mass is 401 g/mol. The number of alkyl carbamates (subject to hydrolysis) is 1. The van der Waals surface area contributed by atoms with E-state index in [2.05, 4.69) is 36.0 Å². The lowest BCUT2D eigenvalue weighted by Gasteiger charge is -2.19. The fraction of sp³-hybridized carbons (Fsp3) is 0.696. The van der Waals surface area contributed by atoms with Crippen LogP contribution in [0.15, 0.2) is 24.3 Å². The number of nitrogens with one attached hydrogen (secondary N) is 1. The lowest BCUT2D eigenvalue weighted by atomic mass is 9.99. The number of hydrogen-bond acceptors (Lipinski definition) is 4. The maximum Gasteiger partial charge on any atom is 0.407 e. The van der Waals surface area contributed by atoms with Gasteiger partial charge >= 0.3 is 6.09 Å². The summed E-state index contributed by atoms with van der Waals surface area (Å²) < 4.78 is 9.66. The van der Waals surface area contributed by atoms with Gasteiger partial charge in [-0.15, -0.1) is 0 Å². The molecule has 2 N–H and O–H groups in total. The predicted octanol–water partition coefficient (Wildman–Crippen LogP) is 6.11. The van der Waals surface area contributed by atoms with Crippen LogP contribution in [-0.4, -0.2) is 37.8 Å². The maximum absolute atomic E-state index is 11.7. The van der Waals surface area contributed by atoms with Gasteiger partial charge in [0.25, 0.3) is 0 Å². The van der Waals surface area contributed by atoms with Crippen molar-refractivity contribution in [3.05, 3.63) is 35.4 Å². The highest BCUT2D eigenvalue weighted by atomic mass is 16.6. The summed E-state index contributed by atoms with van der Waals surface area (Å²) in [6.07, 6.45) is 4.51. The summed E-state index contributed by atoms with van der Waals surface area (Å²) in [6.45, 7) is 14.8. The zero-order chi connectivity index (χ0) is 22.2. The van der Waals surface area contributed by atoms with Crippen molar-refractivity contribution in [2.45, 2.75) is 86.7 Å². The smallest absolute Gasteiger partial charge is 0.407 e. The molecule has 168 valence electrons. The van der Waals surface area contributed by atoms with Crippen molar-refractivity contribution in [3.8, 4) is 0 Å². The first kappa shape index (κ1) is 31.1. The molecule has 1 amide bonds. The predicted molar refractivity (Wildman–Crippen MR) is 122 cm³/mol. The molecule has 5 nitrogen and oxygen atoms in total. The third-order valence-corrected chi connectivity index (χ3v) is 3.51. The van der Waals surface area contributed by atoms with Crippen LogP contribution in [0.4, 0.5) is 4.79 Å². The quantitative estimate of drug-likeness (QED) is 0.490. The van der Waals surface area contributed by atoms with E-state index in [0.717, 1.165) is 32.1 Å². The third-order valence-electron chi connectivity index (χ3n) is 3.51. The Bertz CT molecular complexity index is 443. The number of aliphatic hydroxyl groups is 1. The Morgan fingerprint density at radius 3 is 2.18 bits per heavy atom. The summed E-state index contributed by atoms with van der Waals surface area (Å²) in [5.74, 6) is 0. The van der Waals surface area contributed by atoms with Gasteiger partial charge in [0.2, 0.25) is 0 Å². The summed E-state index contributed by atoms with van der Waals surface area (Å²) in [5, 5.41) is 10.4. The molecular weight excluding hydrogens is 354 g/mol. The van der Waals surface area contributed by atoms with E-state index < -0.39 is 0 Å². The number of rotatable bonds is 9. The lowest BCUT2D eigenvalue weighted by molar-refractivity contribution is 0.0325. The van der Waals surface area contributed by atoms with Crippen LogP contribution in [0.5, 0.6) is 0 Å². The molecule has 28 heavy (non-hydrogen) atoms. The van der Waals surface area contributed by atoms with E-state index in [9.17, 15) is 4.79 Å². The average molecular weight is 402 g/mol. The van der Waals surface area contributed by atoms with Crippen molar-refractivity contribution in [2.24, 2.45) is 0 Å². The Morgan fingerprint density at radius 1 is 1.14 bits per heavy atom. The number of amides is 1. The number of unbranched alkanes of at least 4 members (excludes halogenated alkanes) is 1. The molecule has 0 saturated carbocycles. The molecule has 0 radical (unpaired) electrons. The summed E-state index contributed by atoms with van der Waals surface area (Å²) in [6, 6.07) is 8.29. The van der Waals surface area contributed by atoms with Crippen LogP contribution in [0.1, 0.15) is 79.8 Å². The Labute approximate surface area is 175 Å². The Balaban J connectivity index is -0.000000302. The molecule has 0 unspecified atom stereocenters. The van der Waals surface area contributed by atoms with Crippen molar-refractivity contribution in [1.82, 2.24) is 5.32 Å². The zero-order valence-corrected chi connectivity index (χ0v) is 19.5. The second-order valence-corrected chi connectivity index (χ2v) is 5.64. The number of hydrogen-bond donors (Lipinski definition) is 2. The number of aliphatic hydroxyl groups excluding tert-OH is 1. The maximum atomic E-state index is 11.7. The van der Waals surface area contributed by atoms with Gasteiger partial charge in [0.1, 0.15) is 12.9 Å². The minimum Gasteiger partial charge on any atom is -0.446 e. The number of benzene rings is 1. The Hall–Kier alpha value is -1.59. The molecule has 0 fully saturated rings. The van der Waals surface area contributed by atoms with Crippen molar-refractivity contribution >= 4 is 6.09 Å². The third kappa shape index (κ3) is 19.2. The molecule has 5 heteroatoms. The van der Waals surface area contributed by atoms with Gasteiger partial charge in [-0.2, -0.15) is 0 Å².